The highest BCUT2D eigenvalue weighted by Crippen LogP contribution is 2.78. The largest absolute Gasteiger partial charge is 0.393 e. The van der Waals surface area contributed by atoms with E-state index in [9.17, 15) is 15.0 Å². The molecule has 0 aromatic carbocycles. The van der Waals surface area contributed by atoms with Crippen molar-refractivity contribution >= 4 is 5.78 Å². The van der Waals surface area contributed by atoms with Crippen LogP contribution in [-0.4, -0.2) is 27.7 Å². The van der Waals surface area contributed by atoms with E-state index in [0.29, 0.717) is 53.6 Å². The van der Waals surface area contributed by atoms with Gasteiger partial charge < -0.3 is 10.2 Å². The maximum absolute atomic E-state index is 12.9. The average Bonchev–Trinajstić information content (AvgIpc) is 3.41. The summed E-state index contributed by atoms with van der Waals surface area (Å²) in [6.45, 7) is 4.60. The fourth-order valence-electron chi connectivity index (χ4n) is 8.83. The summed E-state index contributed by atoms with van der Waals surface area (Å²) in [4.78, 5) is 12.9. The van der Waals surface area contributed by atoms with Crippen LogP contribution in [0.1, 0.15) is 58.8 Å². The van der Waals surface area contributed by atoms with Crippen molar-refractivity contribution in [1.29, 1.82) is 0 Å². The first-order chi connectivity index (χ1) is 11.3. The Kier molecular flexibility index (Phi) is 2.43. The molecular formula is C21H30O3. The van der Waals surface area contributed by atoms with Gasteiger partial charge in [-0.2, -0.15) is 0 Å². The molecule has 6 fully saturated rings. The minimum Gasteiger partial charge on any atom is -0.393 e. The summed E-state index contributed by atoms with van der Waals surface area (Å²) < 4.78 is 0. The molecule has 0 aliphatic heterocycles. The second-order valence-electron chi connectivity index (χ2n) is 10.8. The van der Waals surface area contributed by atoms with E-state index >= 15 is 0 Å². The molecular weight excluding hydrogens is 300 g/mol. The van der Waals surface area contributed by atoms with E-state index in [0.717, 1.165) is 38.5 Å². The molecule has 2 unspecified atom stereocenters. The second-order valence-corrected chi connectivity index (χ2v) is 10.8. The van der Waals surface area contributed by atoms with Gasteiger partial charge in [-0.05, 0) is 79.4 Å². The van der Waals surface area contributed by atoms with Gasteiger partial charge in [0.05, 0.1) is 11.7 Å². The number of aliphatic hydroxyl groups excluding tert-OH is 1. The zero-order chi connectivity index (χ0) is 16.6. The van der Waals surface area contributed by atoms with Crippen LogP contribution >= 0.6 is 0 Å². The molecule has 6 rings (SSSR count). The quantitative estimate of drug-likeness (QED) is 0.718. The van der Waals surface area contributed by atoms with E-state index in [2.05, 4.69) is 13.8 Å². The fourth-order valence-corrected chi connectivity index (χ4v) is 8.83. The van der Waals surface area contributed by atoms with Crippen molar-refractivity contribution in [2.75, 3.05) is 0 Å². The Bertz CT molecular complexity index is 645. The monoisotopic (exact) mass is 330 g/mol. The maximum Gasteiger partial charge on any atom is 0.142 e. The molecule has 132 valence electrons. The minimum atomic E-state index is -0.657. The van der Waals surface area contributed by atoms with Gasteiger partial charge in [-0.1, -0.05) is 13.8 Å². The number of ketones is 1. The lowest BCUT2D eigenvalue weighted by Gasteiger charge is -2.63. The third-order valence-corrected chi connectivity index (χ3v) is 10.1. The number of Topliss-reactive ketones (excluding diaryl/α,β-unsaturated/α-hetero) is 1. The van der Waals surface area contributed by atoms with Gasteiger partial charge in [0.2, 0.25) is 0 Å². The Balaban J connectivity index is 1.45. The van der Waals surface area contributed by atoms with Crippen LogP contribution in [0.4, 0.5) is 0 Å². The van der Waals surface area contributed by atoms with E-state index in [1.54, 1.807) is 0 Å². The van der Waals surface area contributed by atoms with Crippen LogP contribution < -0.4 is 0 Å². The molecule has 0 amide bonds. The fraction of sp³-hybridized carbons (Fsp3) is 0.952. The zero-order valence-electron chi connectivity index (χ0n) is 14.9. The summed E-state index contributed by atoms with van der Waals surface area (Å²) in [5.74, 6) is 4.46. The summed E-state index contributed by atoms with van der Waals surface area (Å²) in [5, 5.41) is 21.9. The average molecular weight is 330 g/mol. The Labute approximate surface area is 144 Å². The molecule has 0 bridgehead atoms. The SMILES string of the molecule is C[C@]12CCC3[C@H](C1[C@@H]1C[C@@H]1C2=O)[C@H]1C[C@H]1[C@]1(O)C[C@@H](O)CC[C@]31C. The molecule has 6 aliphatic rings. The third-order valence-electron chi connectivity index (χ3n) is 10.1. The number of rotatable bonds is 0. The Morgan fingerprint density at radius 2 is 1.83 bits per heavy atom. The first kappa shape index (κ1) is 14.7. The van der Waals surface area contributed by atoms with Crippen LogP contribution in [0.3, 0.4) is 0 Å². The molecule has 6 saturated carbocycles. The summed E-state index contributed by atoms with van der Waals surface area (Å²) in [5.41, 5.74) is -0.760. The van der Waals surface area contributed by atoms with E-state index < -0.39 is 5.60 Å². The maximum atomic E-state index is 12.9. The van der Waals surface area contributed by atoms with Crippen molar-refractivity contribution in [2.45, 2.75) is 70.5 Å². The highest BCUT2D eigenvalue weighted by atomic mass is 16.3. The van der Waals surface area contributed by atoms with Gasteiger partial charge in [-0.25, -0.2) is 0 Å². The molecule has 0 aromatic rings. The number of hydrogen-bond donors (Lipinski definition) is 2. The van der Waals surface area contributed by atoms with Gasteiger partial charge in [0.15, 0.2) is 0 Å². The predicted octanol–water partition coefficient (Wildman–Crippen LogP) is 2.79. The van der Waals surface area contributed by atoms with E-state index in [1.807, 2.05) is 0 Å². The van der Waals surface area contributed by atoms with Gasteiger partial charge in [-0.3, -0.25) is 4.79 Å². The van der Waals surface area contributed by atoms with Gasteiger partial charge >= 0.3 is 0 Å². The molecule has 11 atom stereocenters. The van der Waals surface area contributed by atoms with Gasteiger partial charge in [0.1, 0.15) is 5.78 Å². The first-order valence-electron chi connectivity index (χ1n) is 10.3. The van der Waals surface area contributed by atoms with Crippen LogP contribution in [0.5, 0.6) is 0 Å². The minimum absolute atomic E-state index is 0.0497. The lowest BCUT2D eigenvalue weighted by atomic mass is 9.43. The molecule has 3 nitrogen and oxygen atoms in total. The Hall–Kier alpha value is -0.410. The summed E-state index contributed by atoms with van der Waals surface area (Å²) in [7, 11) is 0. The zero-order valence-corrected chi connectivity index (χ0v) is 14.9. The van der Waals surface area contributed by atoms with Crippen LogP contribution in [-0.2, 0) is 4.79 Å². The number of aliphatic hydroxyl groups is 2. The molecule has 0 saturated heterocycles. The van der Waals surface area contributed by atoms with Crippen molar-refractivity contribution in [3.63, 3.8) is 0 Å². The summed E-state index contributed by atoms with van der Waals surface area (Å²) in [6, 6.07) is 0. The molecule has 0 aromatic heterocycles. The lowest BCUT2D eigenvalue weighted by Crippen LogP contribution is -2.64. The normalized spacial score (nSPS) is 69.1. The van der Waals surface area contributed by atoms with Gasteiger partial charge in [0, 0.05) is 17.8 Å². The Morgan fingerprint density at radius 3 is 2.62 bits per heavy atom. The van der Waals surface area contributed by atoms with E-state index in [1.165, 1.54) is 0 Å². The van der Waals surface area contributed by atoms with Gasteiger partial charge in [0.25, 0.3) is 0 Å². The highest BCUT2D eigenvalue weighted by Gasteiger charge is 2.78. The van der Waals surface area contributed by atoms with Crippen molar-refractivity contribution in [2.24, 2.45) is 52.3 Å². The summed E-state index contributed by atoms with van der Waals surface area (Å²) >= 11 is 0. The van der Waals surface area contributed by atoms with Crippen molar-refractivity contribution < 1.29 is 15.0 Å². The van der Waals surface area contributed by atoms with Crippen LogP contribution in [0.25, 0.3) is 0 Å². The van der Waals surface area contributed by atoms with Crippen LogP contribution in [0.2, 0.25) is 0 Å². The third kappa shape index (κ3) is 1.37. The van der Waals surface area contributed by atoms with E-state index in [-0.39, 0.29) is 16.9 Å². The first-order valence-corrected chi connectivity index (χ1v) is 10.3. The smallest absolute Gasteiger partial charge is 0.142 e. The number of carbonyl (C=O) groups is 1. The van der Waals surface area contributed by atoms with Crippen LogP contribution in [0, 0.1) is 52.3 Å². The predicted molar refractivity (Wildman–Crippen MR) is 88.9 cm³/mol. The topological polar surface area (TPSA) is 57.5 Å². The molecule has 6 aliphatic carbocycles. The summed E-state index contributed by atoms with van der Waals surface area (Å²) in [6.07, 6.45) is 6.50. The second kappa shape index (κ2) is 3.96. The standard InChI is InChI=1S/C21H30O3/c1-19-5-4-14-16(17(19)11-7-12(11)18(19)23)13-8-15(13)21(24)9-10(22)3-6-20(14,21)2/h10-17,22,24H,3-9H2,1-2H3/t10-,11+,12-,13-,14?,15+,16+,17?,19-,20+,21+/m0/s1. The van der Waals surface area contributed by atoms with Crippen molar-refractivity contribution in [3.05, 3.63) is 0 Å². The van der Waals surface area contributed by atoms with Crippen molar-refractivity contribution in [3.8, 4) is 0 Å². The molecule has 2 N–H and O–H groups in total. The number of fused-ring (bicyclic) bond motifs is 10. The number of carbonyl (C=O) groups excluding carboxylic acids is 1. The van der Waals surface area contributed by atoms with Gasteiger partial charge in [-0.15, -0.1) is 0 Å². The molecule has 0 spiro atoms. The highest BCUT2D eigenvalue weighted by molar-refractivity contribution is 5.92. The number of hydrogen-bond acceptors (Lipinski definition) is 3. The van der Waals surface area contributed by atoms with Crippen LogP contribution in [0.15, 0.2) is 0 Å². The lowest BCUT2D eigenvalue weighted by molar-refractivity contribution is -0.225. The molecule has 0 heterocycles. The van der Waals surface area contributed by atoms with E-state index in [4.69, 9.17) is 0 Å². The molecule has 24 heavy (non-hydrogen) atoms. The molecule has 0 radical (unpaired) electrons. The van der Waals surface area contributed by atoms with Crippen molar-refractivity contribution in [1.82, 2.24) is 0 Å². The molecule has 3 heteroatoms. The Morgan fingerprint density at radius 1 is 1.04 bits per heavy atom.